The molecule has 0 bridgehead atoms. The van der Waals surface area contributed by atoms with E-state index in [9.17, 15) is 13.2 Å². The van der Waals surface area contributed by atoms with Gasteiger partial charge in [-0.3, -0.25) is 4.79 Å². The van der Waals surface area contributed by atoms with Gasteiger partial charge in [0.05, 0.1) is 10.8 Å². The van der Waals surface area contributed by atoms with Crippen molar-refractivity contribution in [1.29, 1.82) is 0 Å². The maximum atomic E-state index is 12.8. The lowest BCUT2D eigenvalue weighted by Gasteiger charge is -2.17. The van der Waals surface area contributed by atoms with E-state index in [1.54, 1.807) is 6.07 Å². The van der Waals surface area contributed by atoms with Crippen LogP contribution in [0.1, 0.15) is 18.4 Å². The van der Waals surface area contributed by atoms with Crippen molar-refractivity contribution in [3.8, 4) is 0 Å². The number of aryl methyl sites for hydroxylation is 1. The summed E-state index contributed by atoms with van der Waals surface area (Å²) in [6, 6.07) is 12.5. The molecule has 1 saturated heterocycles. The van der Waals surface area contributed by atoms with Crippen molar-refractivity contribution in [3.63, 3.8) is 0 Å². The predicted molar refractivity (Wildman–Crippen MR) is 110 cm³/mol. The molecule has 0 atom stereocenters. The highest BCUT2D eigenvalue weighted by molar-refractivity contribution is 8.00. The number of carbonyl (C=O) groups excluding carboxylic acids is 1. The molecule has 0 unspecified atom stereocenters. The Kier molecular flexibility index (Phi) is 6.47. The van der Waals surface area contributed by atoms with Crippen LogP contribution >= 0.6 is 23.4 Å². The third kappa shape index (κ3) is 5.04. The van der Waals surface area contributed by atoms with Gasteiger partial charge >= 0.3 is 0 Å². The molecule has 1 aliphatic rings. The Balaban J connectivity index is 1.68. The molecule has 1 heterocycles. The Morgan fingerprint density at radius 3 is 2.48 bits per heavy atom. The van der Waals surface area contributed by atoms with Gasteiger partial charge in [0, 0.05) is 23.7 Å². The standard InChI is InChI=1S/C19H21ClN2O3S2/c1-14-4-7-16(8-5-14)26-13-19(23)21-15-6-9-17(20)18(12-15)27(24,25)22-10-2-3-11-22/h4-9,12H,2-3,10-11,13H2,1H3,(H,21,23). The lowest BCUT2D eigenvalue weighted by molar-refractivity contribution is -0.113. The van der Waals surface area contributed by atoms with E-state index < -0.39 is 10.0 Å². The second-order valence-corrected chi connectivity index (χ2v) is 9.77. The van der Waals surface area contributed by atoms with E-state index in [2.05, 4.69) is 5.32 Å². The van der Waals surface area contributed by atoms with Crippen LogP contribution in [0.3, 0.4) is 0 Å². The fourth-order valence-corrected chi connectivity index (χ4v) is 5.54. The van der Waals surface area contributed by atoms with Crippen molar-refractivity contribution in [3.05, 3.63) is 53.1 Å². The smallest absolute Gasteiger partial charge is 0.244 e. The summed E-state index contributed by atoms with van der Waals surface area (Å²) in [5.41, 5.74) is 1.59. The molecule has 2 aromatic carbocycles. The summed E-state index contributed by atoms with van der Waals surface area (Å²) in [4.78, 5) is 13.3. The third-order valence-corrected chi connectivity index (χ3v) is 7.68. The highest BCUT2D eigenvalue weighted by atomic mass is 35.5. The van der Waals surface area contributed by atoms with Crippen LogP contribution in [0.2, 0.25) is 5.02 Å². The number of nitrogens with zero attached hydrogens (tertiary/aromatic N) is 1. The molecule has 0 aliphatic carbocycles. The van der Waals surface area contributed by atoms with Gasteiger partial charge in [-0.25, -0.2) is 8.42 Å². The Hall–Kier alpha value is -1.54. The average molecular weight is 425 g/mol. The second-order valence-electron chi connectivity index (χ2n) is 6.41. The van der Waals surface area contributed by atoms with Crippen molar-refractivity contribution in [2.24, 2.45) is 0 Å². The molecule has 0 aromatic heterocycles. The van der Waals surface area contributed by atoms with Gasteiger partial charge in [0.15, 0.2) is 0 Å². The van der Waals surface area contributed by atoms with Crippen LogP contribution in [-0.2, 0) is 14.8 Å². The molecule has 3 rings (SSSR count). The van der Waals surface area contributed by atoms with Crippen LogP contribution in [0.15, 0.2) is 52.3 Å². The summed E-state index contributed by atoms with van der Waals surface area (Å²) in [6.45, 7) is 3.01. The Labute approximate surface area is 169 Å². The summed E-state index contributed by atoms with van der Waals surface area (Å²) in [6.07, 6.45) is 1.70. The number of hydrogen-bond acceptors (Lipinski definition) is 4. The quantitative estimate of drug-likeness (QED) is 0.707. The minimum atomic E-state index is -3.64. The van der Waals surface area contributed by atoms with Crippen molar-refractivity contribution >= 4 is 45.0 Å². The van der Waals surface area contributed by atoms with Crippen LogP contribution in [0.4, 0.5) is 5.69 Å². The Morgan fingerprint density at radius 2 is 1.81 bits per heavy atom. The zero-order valence-electron chi connectivity index (χ0n) is 14.9. The summed E-state index contributed by atoms with van der Waals surface area (Å²) in [5, 5.41) is 2.91. The SMILES string of the molecule is Cc1ccc(SCC(=O)Nc2ccc(Cl)c(S(=O)(=O)N3CCCC3)c2)cc1. The van der Waals surface area contributed by atoms with Gasteiger partial charge in [0.25, 0.3) is 0 Å². The number of benzene rings is 2. The van der Waals surface area contributed by atoms with E-state index in [-0.39, 0.29) is 21.6 Å². The summed E-state index contributed by atoms with van der Waals surface area (Å²) in [7, 11) is -3.64. The molecule has 1 aliphatic heterocycles. The molecular formula is C19H21ClN2O3S2. The molecular weight excluding hydrogens is 404 g/mol. The van der Waals surface area contributed by atoms with Gasteiger partial charge in [-0.05, 0) is 50.1 Å². The predicted octanol–water partition coefficient (Wildman–Crippen LogP) is 4.16. The van der Waals surface area contributed by atoms with Crippen LogP contribution in [0.5, 0.6) is 0 Å². The first-order chi connectivity index (χ1) is 12.9. The Bertz CT molecular complexity index is 924. The monoisotopic (exact) mass is 424 g/mol. The van der Waals surface area contributed by atoms with Gasteiger partial charge in [-0.1, -0.05) is 29.3 Å². The first kappa shape index (κ1) is 20.2. The molecule has 2 aromatic rings. The molecule has 1 fully saturated rings. The van der Waals surface area contributed by atoms with Gasteiger partial charge < -0.3 is 5.32 Å². The zero-order valence-corrected chi connectivity index (χ0v) is 17.3. The van der Waals surface area contributed by atoms with Gasteiger partial charge in [-0.2, -0.15) is 4.31 Å². The van der Waals surface area contributed by atoms with E-state index in [1.807, 2.05) is 31.2 Å². The molecule has 1 N–H and O–H groups in total. The van der Waals surface area contributed by atoms with E-state index in [1.165, 1.54) is 28.2 Å². The van der Waals surface area contributed by atoms with E-state index in [0.29, 0.717) is 18.8 Å². The van der Waals surface area contributed by atoms with Gasteiger partial charge in [-0.15, -0.1) is 11.8 Å². The molecule has 144 valence electrons. The first-order valence-corrected chi connectivity index (χ1v) is 11.5. The zero-order chi connectivity index (χ0) is 19.4. The number of rotatable bonds is 6. The minimum Gasteiger partial charge on any atom is -0.325 e. The topological polar surface area (TPSA) is 66.5 Å². The van der Waals surface area contributed by atoms with Crippen LogP contribution in [0, 0.1) is 6.92 Å². The third-order valence-electron chi connectivity index (χ3n) is 4.29. The highest BCUT2D eigenvalue weighted by Gasteiger charge is 2.29. The molecule has 5 nitrogen and oxygen atoms in total. The van der Waals surface area contributed by atoms with Crippen LogP contribution in [-0.4, -0.2) is 37.5 Å². The van der Waals surface area contributed by atoms with Gasteiger partial charge in [0.1, 0.15) is 4.90 Å². The number of thioether (sulfide) groups is 1. The lowest BCUT2D eigenvalue weighted by Crippen LogP contribution is -2.28. The second kappa shape index (κ2) is 8.65. The number of hydrogen-bond donors (Lipinski definition) is 1. The fraction of sp³-hybridized carbons (Fsp3) is 0.316. The van der Waals surface area contributed by atoms with Crippen molar-refractivity contribution in [1.82, 2.24) is 4.31 Å². The molecule has 0 radical (unpaired) electrons. The average Bonchev–Trinajstić information content (AvgIpc) is 3.18. The highest BCUT2D eigenvalue weighted by Crippen LogP contribution is 2.29. The summed E-state index contributed by atoms with van der Waals surface area (Å²) < 4.78 is 26.9. The van der Waals surface area contributed by atoms with Crippen LogP contribution < -0.4 is 5.32 Å². The fourth-order valence-electron chi connectivity index (χ4n) is 2.83. The Morgan fingerprint density at radius 1 is 1.15 bits per heavy atom. The first-order valence-electron chi connectivity index (χ1n) is 8.65. The number of sulfonamides is 1. The number of amides is 1. The van der Waals surface area contributed by atoms with E-state index in [4.69, 9.17) is 11.6 Å². The lowest BCUT2D eigenvalue weighted by atomic mass is 10.2. The van der Waals surface area contributed by atoms with Gasteiger partial charge in [0.2, 0.25) is 15.9 Å². The number of anilines is 1. The largest absolute Gasteiger partial charge is 0.325 e. The number of halogens is 1. The van der Waals surface area contributed by atoms with E-state index in [0.717, 1.165) is 23.3 Å². The van der Waals surface area contributed by atoms with Crippen molar-refractivity contribution < 1.29 is 13.2 Å². The van der Waals surface area contributed by atoms with E-state index >= 15 is 0 Å². The molecule has 8 heteroatoms. The normalized spacial score (nSPS) is 15.0. The molecule has 0 spiro atoms. The maximum absolute atomic E-state index is 12.8. The summed E-state index contributed by atoms with van der Waals surface area (Å²) in [5.74, 6) is 0.0345. The van der Waals surface area contributed by atoms with Crippen molar-refractivity contribution in [2.45, 2.75) is 29.6 Å². The molecule has 1 amide bonds. The maximum Gasteiger partial charge on any atom is 0.244 e. The number of nitrogens with one attached hydrogen (secondary N) is 1. The van der Waals surface area contributed by atoms with Crippen LogP contribution in [0.25, 0.3) is 0 Å². The summed E-state index contributed by atoms with van der Waals surface area (Å²) >= 11 is 7.55. The number of carbonyl (C=O) groups is 1. The molecule has 0 saturated carbocycles. The minimum absolute atomic E-state index is 0.0371. The molecule has 27 heavy (non-hydrogen) atoms. The van der Waals surface area contributed by atoms with Crippen molar-refractivity contribution in [2.75, 3.05) is 24.2 Å².